The van der Waals surface area contributed by atoms with Crippen molar-refractivity contribution in [2.75, 3.05) is 13.2 Å². The monoisotopic (exact) mass is 353 g/mol. The third-order valence-corrected chi connectivity index (χ3v) is 4.64. The summed E-state index contributed by atoms with van der Waals surface area (Å²) >= 11 is 1.69. The molecule has 0 spiro atoms. The number of thiazole rings is 1. The maximum atomic E-state index is 5.91. The molecule has 0 saturated carbocycles. The summed E-state index contributed by atoms with van der Waals surface area (Å²) in [6.45, 7) is 5.62. The van der Waals surface area contributed by atoms with Crippen molar-refractivity contribution in [2.24, 2.45) is 0 Å². The lowest BCUT2D eigenvalue weighted by Crippen LogP contribution is -1.99. The predicted octanol–water partition coefficient (Wildman–Crippen LogP) is 6.04. The lowest BCUT2D eigenvalue weighted by atomic mass is 10.1. The van der Waals surface area contributed by atoms with Crippen molar-refractivity contribution in [3.05, 3.63) is 53.0 Å². The van der Waals surface area contributed by atoms with Gasteiger partial charge in [-0.25, -0.2) is 4.98 Å². The number of para-hydroxylation sites is 1. The van der Waals surface area contributed by atoms with Gasteiger partial charge in [0.25, 0.3) is 0 Å². The summed E-state index contributed by atoms with van der Waals surface area (Å²) in [5, 5.41) is 0.994. The number of rotatable bonds is 8. The van der Waals surface area contributed by atoms with Gasteiger partial charge in [-0.2, -0.15) is 0 Å². The number of nitrogens with zero attached hydrogens (tertiary/aromatic N) is 1. The lowest BCUT2D eigenvalue weighted by molar-refractivity contribution is 0.301. The topological polar surface area (TPSA) is 31.4 Å². The molecule has 3 rings (SSSR count). The van der Waals surface area contributed by atoms with Crippen LogP contribution >= 0.6 is 11.3 Å². The Morgan fingerprint density at radius 1 is 0.960 bits per heavy atom. The number of ether oxygens (including phenoxy) is 2. The largest absolute Gasteiger partial charge is 0.493 e. The van der Waals surface area contributed by atoms with Crippen molar-refractivity contribution in [1.29, 1.82) is 0 Å². The summed E-state index contributed by atoms with van der Waals surface area (Å²) in [6.07, 6.45) is 6.07. The van der Waals surface area contributed by atoms with Crippen LogP contribution in [0.15, 0.2) is 42.5 Å². The van der Waals surface area contributed by atoms with E-state index in [0.29, 0.717) is 13.2 Å². The zero-order valence-corrected chi connectivity index (χ0v) is 15.5. The SMILES string of the molecule is CCCOc1ccc(/C=C/c2nc3ccccc3s2)c(OCCC)c1. The average molecular weight is 353 g/mol. The van der Waals surface area contributed by atoms with Gasteiger partial charge in [0.05, 0.1) is 23.4 Å². The minimum absolute atomic E-state index is 0.694. The number of hydrogen-bond acceptors (Lipinski definition) is 4. The van der Waals surface area contributed by atoms with E-state index in [4.69, 9.17) is 9.47 Å². The highest BCUT2D eigenvalue weighted by Crippen LogP contribution is 2.28. The van der Waals surface area contributed by atoms with E-state index in [1.54, 1.807) is 11.3 Å². The highest BCUT2D eigenvalue weighted by atomic mass is 32.1. The Kier molecular flexibility index (Phi) is 6.07. The van der Waals surface area contributed by atoms with Crippen LogP contribution in [0.1, 0.15) is 37.3 Å². The van der Waals surface area contributed by atoms with Crippen LogP contribution in [0.4, 0.5) is 0 Å². The van der Waals surface area contributed by atoms with E-state index in [1.165, 1.54) is 4.70 Å². The highest BCUT2D eigenvalue weighted by Gasteiger charge is 2.05. The molecule has 0 bridgehead atoms. The summed E-state index contributed by atoms with van der Waals surface area (Å²) in [6, 6.07) is 14.2. The highest BCUT2D eigenvalue weighted by molar-refractivity contribution is 7.19. The molecular weight excluding hydrogens is 330 g/mol. The molecule has 1 heterocycles. The van der Waals surface area contributed by atoms with Crippen LogP contribution in [0.3, 0.4) is 0 Å². The Morgan fingerprint density at radius 2 is 1.76 bits per heavy atom. The van der Waals surface area contributed by atoms with E-state index in [1.807, 2.05) is 42.5 Å². The van der Waals surface area contributed by atoms with Crippen molar-refractivity contribution in [3.63, 3.8) is 0 Å². The van der Waals surface area contributed by atoms with Gasteiger partial charge in [0, 0.05) is 11.6 Å². The first-order chi connectivity index (χ1) is 12.3. The second kappa shape index (κ2) is 8.67. The van der Waals surface area contributed by atoms with Crippen molar-refractivity contribution >= 4 is 33.7 Å². The van der Waals surface area contributed by atoms with Crippen LogP contribution < -0.4 is 9.47 Å². The van der Waals surface area contributed by atoms with Crippen molar-refractivity contribution < 1.29 is 9.47 Å². The number of fused-ring (bicyclic) bond motifs is 1. The Morgan fingerprint density at radius 3 is 2.56 bits per heavy atom. The zero-order valence-electron chi connectivity index (χ0n) is 14.7. The fraction of sp³-hybridized carbons (Fsp3) is 0.286. The molecule has 0 N–H and O–H groups in total. The van der Waals surface area contributed by atoms with Crippen LogP contribution in [0, 0.1) is 0 Å². The third kappa shape index (κ3) is 4.60. The standard InChI is InChI=1S/C21H23NO2S/c1-3-13-23-17-11-9-16(19(15-17)24-14-4-2)10-12-21-22-18-7-5-6-8-20(18)25-21/h5-12,15H,3-4,13-14H2,1-2H3/b12-10+. The summed E-state index contributed by atoms with van der Waals surface area (Å²) in [4.78, 5) is 4.64. The van der Waals surface area contributed by atoms with Gasteiger partial charge in [-0.3, -0.25) is 0 Å². The summed E-state index contributed by atoms with van der Waals surface area (Å²) in [7, 11) is 0. The molecule has 1 aromatic heterocycles. The van der Waals surface area contributed by atoms with E-state index in [2.05, 4.69) is 31.0 Å². The molecule has 3 nitrogen and oxygen atoms in total. The molecule has 130 valence electrons. The molecular formula is C21H23NO2S. The van der Waals surface area contributed by atoms with E-state index in [0.717, 1.165) is 40.4 Å². The van der Waals surface area contributed by atoms with Crippen LogP contribution in [-0.2, 0) is 0 Å². The molecule has 0 aliphatic heterocycles. The fourth-order valence-corrected chi connectivity index (χ4v) is 3.29. The Labute approximate surface area is 152 Å². The second-order valence-electron chi connectivity index (χ2n) is 5.75. The number of benzene rings is 2. The molecule has 2 aromatic carbocycles. The van der Waals surface area contributed by atoms with Crippen LogP contribution in [0.2, 0.25) is 0 Å². The van der Waals surface area contributed by atoms with Gasteiger partial charge in [0.15, 0.2) is 0 Å². The quantitative estimate of drug-likeness (QED) is 0.494. The molecule has 0 aliphatic carbocycles. The number of aromatic nitrogens is 1. The summed E-state index contributed by atoms with van der Waals surface area (Å²) in [5.41, 5.74) is 2.08. The molecule has 4 heteroatoms. The van der Waals surface area contributed by atoms with Crippen molar-refractivity contribution in [1.82, 2.24) is 4.98 Å². The molecule has 0 fully saturated rings. The van der Waals surface area contributed by atoms with Crippen molar-refractivity contribution in [3.8, 4) is 11.5 Å². The molecule has 0 atom stereocenters. The average Bonchev–Trinajstić information content (AvgIpc) is 3.06. The van der Waals surface area contributed by atoms with Crippen LogP contribution in [0.5, 0.6) is 11.5 Å². The van der Waals surface area contributed by atoms with Crippen molar-refractivity contribution in [2.45, 2.75) is 26.7 Å². The first kappa shape index (κ1) is 17.5. The van der Waals surface area contributed by atoms with Gasteiger partial charge >= 0.3 is 0 Å². The fourth-order valence-electron chi connectivity index (χ4n) is 2.42. The third-order valence-electron chi connectivity index (χ3n) is 3.64. The van der Waals surface area contributed by atoms with Gasteiger partial charge in [0.1, 0.15) is 16.5 Å². The first-order valence-electron chi connectivity index (χ1n) is 8.73. The van der Waals surface area contributed by atoms with E-state index in [9.17, 15) is 0 Å². The normalized spacial score (nSPS) is 11.3. The molecule has 0 radical (unpaired) electrons. The minimum Gasteiger partial charge on any atom is -0.493 e. The van der Waals surface area contributed by atoms with Gasteiger partial charge < -0.3 is 9.47 Å². The van der Waals surface area contributed by atoms with Gasteiger partial charge in [-0.1, -0.05) is 26.0 Å². The Hall–Kier alpha value is -2.33. The van der Waals surface area contributed by atoms with Gasteiger partial charge in [-0.15, -0.1) is 11.3 Å². The minimum atomic E-state index is 0.694. The molecule has 0 unspecified atom stereocenters. The Bertz CT molecular complexity index is 821. The summed E-state index contributed by atoms with van der Waals surface area (Å²) in [5.74, 6) is 1.71. The Balaban J connectivity index is 1.83. The van der Waals surface area contributed by atoms with Crippen LogP contribution in [-0.4, -0.2) is 18.2 Å². The molecule has 0 amide bonds. The van der Waals surface area contributed by atoms with Crippen LogP contribution in [0.25, 0.3) is 22.4 Å². The molecule has 25 heavy (non-hydrogen) atoms. The smallest absolute Gasteiger partial charge is 0.130 e. The summed E-state index contributed by atoms with van der Waals surface area (Å²) < 4.78 is 12.8. The molecule has 0 saturated heterocycles. The molecule has 0 aliphatic rings. The van der Waals surface area contributed by atoms with E-state index in [-0.39, 0.29) is 0 Å². The van der Waals surface area contributed by atoms with Gasteiger partial charge in [0.2, 0.25) is 0 Å². The predicted molar refractivity (Wildman–Crippen MR) is 107 cm³/mol. The maximum Gasteiger partial charge on any atom is 0.130 e. The first-order valence-corrected chi connectivity index (χ1v) is 9.55. The van der Waals surface area contributed by atoms with E-state index < -0.39 is 0 Å². The van der Waals surface area contributed by atoms with E-state index >= 15 is 0 Å². The second-order valence-corrected chi connectivity index (χ2v) is 6.81. The number of hydrogen-bond donors (Lipinski definition) is 0. The molecule has 3 aromatic rings. The van der Waals surface area contributed by atoms with Gasteiger partial charge in [-0.05, 0) is 49.3 Å². The lowest BCUT2D eigenvalue weighted by Gasteiger charge is -2.11. The maximum absolute atomic E-state index is 5.91. The zero-order chi connectivity index (χ0) is 17.5.